The van der Waals surface area contributed by atoms with E-state index in [0.29, 0.717) is 5.69 Å². The molecular weight excluding hydrogens is 296 g/mol. The molecule has 2 rings (SSSR count). The zero-order chi connectivity index (χ0) is 14.6. The molecule has 0 radical (unpaired) electrons. The van der Waals surface area contributed by atoms with Crippen LogP contribution in [0.25, 0.3) is 0 Å². The van der Waals surface area contributed by atoms with Crippen LogP contribution in [0.3, 0.4) is 0 Å². The summed E-state index contributed by atoms with van der Waals surface area (Å²) in [5.41, 5.74) is 2.67. The summed E-state index contributed by atoms with van der Waals surface area (Å²) in [5, 5.41) is 0. The van der Waals surface area contributed by atoms with Crippen molar-refractivity contribution in [2.24, 2.45) is 5.84 Å². The van der Waals surface area contributed by atoms with Crippen LogP contribution in [0.1, 0.15) is 16.7 Å². The smallest absolute Gasteiger partial charge is 0.244 e. The number of sulfonamides is 1. The maximum atomic E-state index is 12.2. The number of hydrogen-bond donors (Lipinski definition) is 3. The molecule has 0 amide bonds. The molecule has 108 valence electrons. The first-order chi connectivity index (χ1) is 9.56. The zero-order valence-electron chi connectivity index (χ0n) is 11.0. The van der Waals surface area contributed by atoms with Crippen LogP contribution in [0.5, 0.6) is 0 Å². The molecule has 0 aromatic carbocycles. The molecule has 2 aromatic rings. The molecule has 0 spiro atoms. The first-order valence-corrected chi connectivity index (χ1v) is 8.34. The van der Waals surface area contributed by atoms with Crippen molar-refractivity contribution in [2.45, 2.75) is 24.8 Å². The number of anilines is 1. The standard InChI is InChI=1S/C12H16N4O2S2/c1-2-9-3-4-10(19-9)7-15-20(17,18)12-8-14-6-5-11(12)16-13/h3-6,8,15H,2,7,13H2,1H3,(H,14,16). The highest BCUT2D eigenvalue weighted by molar-refractivity contribution is 7.89. The van der Waals surface area contributed by atoms with Gasteiger partial charge in [-0.1, -0.05) is 6.92 Å². The largest absolute Gasteiger partial charge is 0.323 e. The molecule has 0 aliphatic rings. The SMILES string of the molecule is CCc1ccc(CNS(=O)(=O)c2cnccc2NN)s1. The number of rotatable bonds is 6. The fourth-order valence-electron chi connectivity index (χ4n) is 1.66. The lowest BCUT2D eigenvalue weighted by Gasteiger charge is -2.09. The van der Waals surface area contributed by atoms with Crippen molar-refractivity contribution in [3.8, 4) is 0 Å². The van der Waals surface area contributed by atoms with Crippen molar-refractivity contribution >= 4 is 27.0 Å². The second kappa shape index (κ2) is 6.31. The number of pyridine rings is 1. The van der Waals surface area contributed by atoms with Crippen LogP contribution in [0.2, 0.25) is 0 Å². The minimum Gasteiger partial charge on any atom is -0.323 e. The predicted molar refractivity (Wildman–Crippen MR) is 79.8 cm³/mol. The van der Waals surface area contributed by atoms with Crippen molar-refractivity contribution in [3.05, 3.63) is 40.3 Å². The quantitative estimate of drug-likeness (QED) is 0.554. The molecule has 0 saturated carbocycles. The highest BCUT2D eigenvalue weighted by Crippen LogP contribution is 2.20. The third-order valence-corrected chi connectivity index (χ3v) is 5.39. The number of hydrazine groups is 1. The average Bonchev–Trinajstić information content (AvgIpc) is 2.93. The Labute approximate surface area is 122 Å². The van der Waals surface area contributed by atoms with Gasteiger partial charge in [0.25, 0.3) is 0 Å². The van der Waals surface area contributed by atoms with E-state index in [2.05, 4.69) is 22.1 Å². The summed E-state index contributed by atoms with van der Waals surface area (Å²) in [6, 6.07) is 5.44. The minimum atomic E-state index is -3.65. The third-order valence-electron chi connectivity index (χ3n) is 2.73. The van der Waals surface area contributed by atoms with Gasteiger partial charge in [-0.2, -0.15) is 0 Å². The number of aromatic nitrogens is 1. The van der Waals surface area contributed by atoms with Gasteiger partial charge in [0.2, 0.25) is 10.0 Å². The van der Waals surface area contributed by atoms with Crippen LogP contribution >= 0.6 is 11.3 Å². The molecule has 4 N–H and O–H groups in total. The van der Waals surface area contributed by atoms with Crippen LogP contribution in [-0.4, -0.2) is 13.4 Å². The molecule has 0 atom stereocenters. The minimum absolute atomic E-state index is 0.0368. The van der Waals surface area contributed by atoms with E-state index in [1.54, 1.807) is 11.3 Å². The number of nitrogens with one attached hydrogen (secondary N) is 2. The molecule has 20 heavy (non-hydrogen) atoms. The summed E-state index contributed by atoms with van der Waals surface area (Å²) in [6.07, 6.45) is 3.69. The molecule has 0 aliphatic heterocycles. The Balaban J connectivity index is 2.15. The molecule has 0 saturated heterocycles. The van der Waals surface area contributed by atoms with Gasteiger partial charge in [0.15, 0.2) is 0 Å². The van der Waals surface area contributed by atoms with Crippen molar-refractivity contribution < 1.29 is 8.42 Å². The van der Waals surface area contributed by atoms with E-state index in [4.69, 9.17) is 5.84 Å². The Bertz CT molecular complexity index is 682. The van der Waals surface area contributed by atoms with Crippen LogP contribution in [0.15, 0.2) is 35.5 Å². The Morgan fingerprint density at radius 1 is 1.30 bits per heavy atom. The first kappa shape index (κ1) is 14.9. The maximum Gasteiger partial charge on any atom is 0.244 e. The Morgan fingerprint density at radius 2 is 2.05 bits per heavy atom. The summed E-state index contributed by atoms with van der Waals surface area (Å²) in [5.74, 6) is 5.31. The average molecular weight is 312 g/mol. The number of hydrogen-bond acceptors (Lipinski definition) is 6. The fourth-order valence-corrected chi connectivity index (χ4v) is 3.77. The number of nitrogens with zero attached hydrogens (tertiary/aromatic N) is 1. The molecule has 2 aromatic heterocycles. The van der Waals surface area contributed by atoms with Crippen LogP contribution in [0.4, 0.5) is 5.69 Å². The van der Waals surface area contributed by atoms with Crippen LogP contribution < -0.4 is 16.0 Å². The van der Waals surface area contributed by atoms with Gasteiger partial charge in [0, 0.05) is 28.7 Å². The van der Waals surface area contributed by atoms with Gasteiger partial charge in [-0.3, -0.25) is 10.8 Å². The molecule has 0 fully saturated rings. The van der Waals surface area contributed by atoms with Gasteiger partial charge in [-0.15, -0.1) is 11.3 Å². The summed E-state index contributed by atoms with van der Waals surface area (Å²) in [7, 11) is -3.65. The van der Waals surface area contributed by atoms with E-state index in [0.717, 1.165) is 11.3 Å². The second-order valence-electron chi connectivity index (χ2n) is 4.06. The summed E-state index contributed by atoms with van der Waals surface area (Å²) in [4.78, 5) is 6.05. The third kappa shape index (κ3) is 3.34. The predicted octanol–water partition coefficient (Wildman–Crippen LogP) is 1.47. The van der Waals surface area contributed by atoms with E-state index in [1.807, 2.05) is 12.1 Å². The van der Waals surface area contributed by atoms with Crippen LogP contribution in [-0.2, 0) is 23.0 Å². The number of nitrogens with two attached hydrogens (primary N) is 1. The summed E-state index contributed by atoms with van der Waals surface area (Å²) in [6.45, 7) is 2.32. The highest BCUT2D eigenvalue weighted by Gasteiger charge is 2.18. The van der Waals surface area contributed by atoms with Crippen LogP contribution in [0, 0.1) is 0 Å². The summed E-state index contributed by atoms with van der Waals surface area (Å²) < 4.78 is 27.0. The van der Waals surface area contributed by atoms with E-state index in [-0.39, 0.29) is 11.4 Å². The topological polar surface area (TPSA) is 97.1 Å². The number of thiophene rings is 1. The molecule has 0 bridgehead atoms. The Kier molecular flexibility index (Phi) is 4.71. The summed E-state index contributed by atoms with van der Waals surface area (Å²) >= 11 is 1.60. The van der Waals surface area contributed by atoms with E-state index >= 15 is 0 Å². The normalized spacial score (nSPS) is 11.5. The van der Waals surface area contributed by atoms with Gasteiger partial charge in [0.1, 0.15) is 4.90 Å². The molecule has 0 unspecified atom stereocenters. The van der Waals surface area contributed by atoms with E-state index in [9.17, 15) is 8.42 Å². The van der Waals surface area contributed by atoms with Crippen molar-refractivity contribution in [1.82, 2.24) is 9.71 Å². The molecule has 2 heterocycles. The van der Waals surface area contributed by atoms with E-state index < -0.39 is 10.0 Å². The lowest BCUT2D eigenvalue weighted by atomic mass is 10.4. The van der Waals surface area contributed by atoms with E-state index in [1.165, 1.54) is 23.3 Å². The van der Waals surface area contributed by atoms with Gasteiger partial charge in [-0.25, -0.2) is 13.1 Å². The molecule has 8 heteroatoms. The van der Waals surface area contributed by atoms with Gasteiger partial charge < -0.3 is 5.43 Å². The van der Waals surface area contributed by atoms with Crippen molar-refractivity contribution in [1.29, 1.82) is 0 Å². The van der Waals surface area contributed by atoms with Gasteiger partial charge in [0.05, 0.1) is 5.69 Å². The monoisotopic (exact) mass is 312 g/mol. The lowest BCUT2D eigenvalue weighted by molar-refractivity contribution is 0.581. The Hall–Kier alpha value is -1.48. The van der Waals surface area contributed by atoms with Gasteiger partial charge >= 0.3 is 0 Å². The Morgan fingerprint density at radius 3 is 2.70 bits per heavy atom. The fraction of sp³-hybridized carbons (Fsp3) is 0.250. The maximum absolute atomic E-state index is 12.2. The highest BCUT2D eigenvalue weighted by atomic mass is 32.2. The number of aryl methyl sites for hydroxylation is 1. The zero-order valence-corrected chi connectivity index (χ0v) is 12.6. The molecule has 6 nitrogen and oxygen atoms in total. The lowest BCUT2D eigenvalue weighted by Crippen LogP contribution is -2.24. The molecule has 0 aliphatic carbocycles. The van der Waals surface area contributed by atoms with Crippen molar-refractivity contribution in [3.63, 3.8) is 0 Å². The molecular formula is C12H16N4O2S2. The van der Waals surface area contributed by atoms with Gasteiger partial charge in [-0.05, 0) is 24.6 Å². The van der Waals surface area contributed by atoms with Crippen molar-refractivity contribution in [2.75, 3.05) is 5.43 Å². The second-order valence-corrected chi connectivity index (χ2v) is 7.05. The first-order valence-electron chi connectivity index (χ1n) is 6.04. The number of nitrogen functional groups attached to an aromatic ring is 1.